The maximum Gasteiger partial charge on any atom is 0.319 e. The normalized spacial score (nSPS) is 12.3. The van der Waals surface area contributed by atoms with Crippen LogP contribution in [0, 0.1) is 0 Å². The first kappa shape index (κ1) is 17.8. The van der Waals surface area contributed by atoms with Crippen molar-refractivity contribution in [2.75, 3.05) is 17.2 Å². The lowest BCUT2D eigenvalue weighted by Crippen LogP contribution is -2.34. The number of carbonyl (C=O) groups excluding carboxylic acids is 2. The monoisotopic (exact) mass is 353 g/mol. The topological polar surface area (TPSA) is 79.5 Å². The number of para-hydroxylation sites is 2. The predicted molar refractivity (Wildman–Crippen MR) is 102 cm³/mol. The van der Waals surface area contributed by atoms with E-state index in [2.05, 4.69) is 16.0 Å². The molecule has 0 bridgehead atoms. The molecule has 3 rings (SSSR count). The molecule has 0 saturated carbocycles. The lowest BCUT2D eigenvalue weighted by atomic mass is 10.1. The molecule has 6 nitrogen and oxygen atoms in total. The summed E-state index contributed by atoms with van der Waals surface area (Å²) in [5, 5.41) is 8.40. The van der Waals surface area contributed by atoms with Gasteiger partial charge in [0.15, 0.2) is 0 Å². The van der Waals surface area contributed by atoms with Crippen LogP contribution in [0.4, 0.5) is 16.2 Å². The molecule has 2 aromatic rings. The zero-order chi connectivity index (χ0) is 18.5. The Hall–Kier alpha value is -3.02. The number of rotatable bonds is 5. The molecule has 0 aliphatic carbocycles. The summed E-state index contributed by atoms with van der Waals surface area (Å²) in [6, 6.07) is 12.7. The van der Waals surface area contributed by atoms with Crippen molar-refractivity contribution in [1.29, 1.82) is 0 Å². The lowest BCUT2D eigenvalue weighted by molar-refractivity contribution is -0.115. The van der Waals surface area contributed by atoms with Gasteiger partial charge in [-0.2, -0.15) is 0 Å². The minimum atomic E-state index is -0.305. The van der Waals surface area contributed by atoms with E-state index in [1.165, 1.54) is 0 Å². The van der Waals surface area contributed by atoms with Crippen molar-refractivity contribution < 1.29 is 14.3 Å². The van der Waals surface area contributed by atoms with Gasteiger partial charge in [-0.1, -0.05) is 24.3 Å². The van der Waals surface area contributed by atoms with Crippen LogP contribution >= 0.6 is 0 Å². The average molecular weight is 353 g/mol. The molecule has 0 radical (unpaired) electrons. The molecule has 1 aliphatic rings. The van der Waals surface area contributed by atoms with E-state index in [1.54, 1.807) is 18.2 Å². The summed E-state index contributed by atoms with van der Waals surface area (Å²) in [4.78, 5) is 24.3. The summed E-state index contributed by atoms with van der Waals surface area (Å²) < 4.78 is 5.49. The second kappa shape index (κ2) is 7.91. The van der Waals surface area contributed by atoms with Crippen molar-refractivity contribution in [2.24, 2.45) is 0 Å². The van der Waals surface area contributed by atoms with E-state index in [-0.39, 0.29) is 24.4 Å². The molecule has 0 fully saturated rings. The summed E-state index contributed by atoms with van der Waals surface area (Å²) in [5.41, 5.74) is 3.21. The fraction of sp³-hybridized carbons (Fsp3) is 0.300. The smallest absolute Gasteiger partial charge is 0.319 e. The number of hydrogen-bond donors (Lipinski definition) is 3. The SMILES string of the molecule is CC(C)NC(=O)Nc1ccccc1NC(=O)Cc1ccc2c(c1)CCO2. The van der Waals surface area contributed by atoms with Crippen molar-refractivity contribution in [3.05, 3.63) is 53.6 Å². The Morgan fingerprint density at radius 3 is 2.54 bits per heavy atom. The maximum atomic E-state index is 12.4. The molecule has 0 atom stereocenters. The van der Waals surface area contributed by atoms with Crippen molar-refractivity contribution in [1.82, 2.24) is 5.32 Å². The van der Waals surface area contributed by atoms with Crippen LogP contribution in [0.25, 0.3) is 0 Å². The van der Waals surface area contributed by atoms with Crippen LogP contribution in [-0.2, 0) is 17.6 Å². The molecule has 0 spiro atoms. The minimum Gasteiger partial charge on any atom is -0.493 e. The Bertz CT molecular complexity index is 818. The van der Waals surface area contributed by atoms with Gasteiger partial charge in [-0.3, -0.25) is 4.79 Å². The third-order valence-electron chi connectivity index (χ3n) is 3.99. The first-order valence-corrected chi connectivity index (χ1v) is 8.72. The number of amides is 3. The molecule has 136 valence electrons. The number of urea groups is 1. The molecular weight excluding hydrogens is 330 g/mol. The van der Waals surface area contributed by atoms with E-state index in [1.807, 2.05) is 38.1 Å². The summed E-state index contributed by atoms with van der Waals surface area (Å²) in [6.07, 6.45) is 1.14. The lowest BCUT2D eigenvalue weighted by Gasteiger charge is -2.14. The molecule has 3 N–H and O–H groups in total. The summed E-state index contributed by atoms with van der Waals surface area (Å²) in [6.45, 7) is 4.46. The van der Waals surface area contributed by atoms with Gasteiger partial charge < -0.3 is 20.7 Å². The molecule has 6 heteroatoms. The largest absolute Gasteiger partial charge is 0.493 e. The summed E-state index contributed by atoms with van der Waals surface area (Å²) in [7, 11) is 0. The number of carbonyl (C=O) groups is 2. The minimum absolute atomic E-state index is 0.0283. The van der Waals surface area contributed by atoms with Gasteiger partial charge in [0, 0.05) is 12.5 Å². The van der Waals surface area contributed by atoms with Crippen LogP contribution in [0.3, 0.4) is 0 Å². The van der Waals surface area contributed by atoms with E-state index in [9.17, 15) is 9.59 Å². The van der Waals surface area contributed by atoms with Crippen molar-refractivity contribution in [3.63, 3.8) is 0 Å². The van der Waals surface area contributed by atoms with Crippen molar-refractivity contribution >= 4 is 23.3 Å². The van der Waals surface area contributed by atoms with Gasteiger partial charge in [-0.15, -0.1) is 0 Å². The Labute approximate surface area is 152 Å². The number of nitrogens with one attached hydrogen (secondary N) is 3. The zero-order valence-electron chi connectivity index (χ0n) is 15.0. The highest BCUT2D eigenvalue weighted by atomic mass is 16.5. The maximum absolute atomic E-state index is 12.4. The van der Waals surface area contributed by atoms with Crippen LogP contribution in [0.1, 0.15) is 25.0 Å². The van der Waals surface area contributed by atoms with Gasteiger partial charge in [-0.25, -0.2) is 4.79 Å². The van der Waals surface area contributed by atoms with Crippen LogP contribution < -0.4 is 20.7 Å². The Morgan fingerprint density at radius 1 is 1.08 bits per heavy atom. The van der Waals surface area contributed by atoms with Gasteiger partial charge in [0.05, 0.1) is 24.4 Å². The van der Waals surface area contributed by atoms with E-state index in [0.29, 0.717) is 18.0 Å². The Morgan fingerprint density at radius 2 is 1.81 bits per heavy atom. The van der Waals surface area contributed by atoms with Gasteiger partial charge >= 0.3 is 6.03 Å². The molecule has 1 heterocycles. The fourth-order valence-corrected chi connectivity index (χ4v) is 2.85. The first-order valence-electron chi connectivity index (χ1n) is 8.72. The molecule has 0 saturated heterocycles. The van der Waals surface area contributed by atoms with Crippen LogP contribution in [0.2, 0.25) is 0 Å². The highest BCUT2D eigenvalue weighted by Gasteiger charge is 2.14. The number of ether oxygens (including phenoxy) is 1. The van der Waals surface area contributed by atoms with Crippen LogP contribution in [0.5, 0.6) is 5.75 Å². The molecule has 3 amide bonds. The van der Waals surface area contributed by atoms with Crippen LogP contribution in [0.15, 0.2) is 42.5 Å². The predicted octanol–water partition coefficient (Wildman–Crippen LogP) is 3.33. The quantitative estimate of drug-likeness (QED) is 0.771. The summed E-state index contributed by atoms with van der Waals surface area (Å²) >= 11 is 0. The fourth-order valence-electron chi connectivity index (χ4n) is 2.85. The second-order valence-electron chi connectivity index (χ2n) is 6.56. The number of fused-ring (bicyclic) bond motifs is 1. The van der Waals surface area contributed by atoms with Gasteiger partial charge in [0.25, 0.3) is 0 Å². The molecule has 26 heavy (non-hydrogen) atoms. The van der Waals surface area contributed by atoms with Gasteiger partial charge in [0.1, 0.15) is 5.75 Å². The average Bonchev–Trinajstić information content (AvgIpc) is 3.03. The van der Waals surface area contributed by atoms with Crippen molar-refractivity contribution in [3.8, 4) is 5.75 Å². The molecule has 2 aromatic carbocycles. The highest BCUT2D eigenvalue weighted by molar-refractivity contribution is 5.99. The number of hydrogen-bond acceptors (Lipinski definition) is 3. The van der Waals surface area contributed by atoms with Gasteiger partial charge in [0.2, 0.25) is 5.91 Å². The summed E-state index contributed by atoms with van der Waals surface area (Å²) in [5.74, 6) is 0.766. The van der Waals surface area contributed by atoms with E-state index in [4.69, 9.17) is 4.74 Å². The van der Waals surface area contributed by atoms with E-state index < -0.39 is 0 Å². The van der Waals surface area contributed by atoms with Crippen LogP contribution in [-0.4, -0.2) is 24.6 Å². The Balaban J connectivity index is 1.65. The molecular formula is C20H23N3O3. The molecule has 0 aromatic heterocycles. The Kier molecular flexibility index (Phi) is 5.41. The third kappa shape index (κ3) is 4.53. The van der Waals surface area contributed by atoms with E-state index in [0.717, 1.165) is 23.3 Å². The highest BCUT2D eigenvalue weighted by Crippen LogP contribution is 2.26. The van der Waals surface area contributed by atoms with Gasteiger partial charge in [-0.05, 0) is 43.2 Å². The number of benzene rings is 2. The molecule has 1 aliphatic heterocycles. The third-order valence-corrected chi connectivity index (χ3v) is 3.99. The zero-order valence-corrected chi connectivity index (χ0v) is 15.0. The first-order chi connectivity index (χ1) is 12.5. The second-order valence-corrected chi connectivity index (χ2v) is 6.56. The number of anilines is 2. The van der Waals surface area contributed by atoms with E-state index >= 15 is 0 Å². The van der Waals surface area contributed by atoms with Crippen molar-refractivity contribution in [2.45, 2.75) is 32.7 Å². The molecule has 0 unspecified atom stereocenters. The standard InChI is InChI=1S/C20H23N3O3/c1-13(2)21-20(25)23-17-6-4-3-5-16(17)22-19(24)12-14-7-8-18-15(11-14)9-10-26-18/h3-8,11,13H,9-10,12H2,1-2H3,(H,22,24)(H2,21,23,25).